The van der Waals surface area contributed by atoms with Crippen molar-refractivity contribution in [2.45, 2.75) is 110 Å². The number of thiocarbonyl (C=S) groups is 1. The molecule has 0 spiro atoms. The third-order valence-electron chi connectivity index (χ3n) is 5.91. The Kier molecular flexibility index (Phi) is 12.1. The fourth-order valence-corrected chi connectivity index (χ4v) is 5.77. The van der Waals surface area contributed by atoms with Crippen LogP contribution in [0, 0.1) is 0 Å². The van der Waals surface area contributed by atoms with Crippen molar-refractivity contribution in [1.29, 1.82) is 0 Å². The van der Waals surface area contributed by atoms with Crippen LogP contribution in [0.5, 0.6) is 0 Å². The zero-order valence-corrected chi connectivity index (χ0v) is 20.7. The molecule has 2 rings (SSSR count). The number of anilines is 1. The van der Waals surface area contributed by atoms with E-state index in [0.29, 0.717) is 17.0 Å². The van der Waals surface area contributed by atoms with Crippen LogP contribution in [0.15, 0.2) is 0 Å². The Morgan fingerprint density at radius 3 is 2.13 bits per heavy atom. The Morgan fingerprint density at radius 1 is 0.935 bits per heavy atom. The molecule has 0 aromatic carbocycles. The van der Waals surface area contributed by atoms with Crippen LogP contribution in [0.25, 0.3) is 0 Å². The molecule has 0 saturated heterocycles. The Hall–Kier alpha value is -1.47. The largest absolute Gasteiger partial charge is 0.365 e. The number of primary amides is 1. The maximum Gasteiger partial charge on any atom is 0.251 e. The van der Waals surface area contributed by atoms with Gasteiger partial charge in [-0.1, -0.05) is 71.1 Å². The molecule has 0 aliphatic heterocycles. The van der Waals surface area contributed by atoms with Gasteiger partial charge in [0.25, 0.3) is 5.91 Å². The summed E-state index contributed by atoms with van der Waals surface area (Å²) in [6.45, 7) is 2.25. The number of hydrogen-bond acceptors (Lipinski definition) is 4. The van der Waals surface area contributed by atoms with Crippen LogP contribution >= 0.6 is 23.6 Å². The zero-order valence-electron chi connectivity index (χ0n) is 19.0. The minimum absolute atomic E-state index is 0.0737. The second-order valence-electron chi connectivity index (χ2n) is 8.57. The molecule has 1 aliphatic carbocycles. The number of nitrogens with two attached hydrogens (primary N) is 1. The van der Waals surface area contributed by atoms with Crippen LogP contribution in [0.3, 0.4) is 0 Å². The van der Waals surface area contributed by atoms with Crippen molar-refractivity contribution in [3.05, 3.63) is 16.0 Å². The average Bonchev–Trinajstić information content (AvgIpc) is 3.09. The summed E-state index contributed by atoms with van der Waals surface area (Å²) in [5, 5.41) is 6.70. The number of nitrogens with one attached hydrogen (secondary N) is 2. The van der Waals surface area contributed by atoms with E-state index < -0.39 is 5.91 Å². The number of unbranched alkanes of at least 4 members (excludes halogenated alkanes) is 10. The number of amides is 2. The smallest absolute Gasteiger partial charge is 0.251 e. The lowest BCUT2D eigenvalue weighted by atomic mass is 9.95. The van der Waals surface area contributed by atoms with Crippen LogP contribution in [0.1, 0.15) is 118 Å². The van der Waals surface area contributed by atoms with Gasteiger partial charge in [-0.25, -0.2) is 0 Å². The molecule has 0 radical (unpaired) electrons. The van der Waals surface area contributed by atoms with Gasteiger partial charge in [0.2, 0.25) is 5.91 Å². The maximum absolute atomic E-state index is 12.2. The quantitative estimate of drug-likeness (QED) is 0.224. The Labute approximate surface area is 196 Å². The SMILES string of the molecule is CCCCCCCCCCCCCC(=O)NC(=S)Nc1sc2c(c1C(N)=O)CCCC2. The molecule has 1 aromatic rings. The van der Waals surface area contributed by atoms with Crippen LogP contribution in [-0.2, 0) is 17.6 Å². The molecular formula is C24H39N3O2S2. The van der Waals surface area contributed by atoms with Gasteiger partial charge in [-0.2, -0.15) is 0 Å². The number of hydrogen-bond donors (Lipinski definition) is 3. The second-order valence-corrected chi connectivity index (χ2v) is 10.1. The Morgan fingerprint density at radius 2 is 1.52 bits per heavy atom. The third kappa shape index (κ3) is 9.27. The highest BCUT2D eigenvalue weighted by atomic mass is 32.1. The first-order valence-corrected chi connectivity index (χ1v) is 13.3. The van der Waals surface area contributed by atoms with Gasteiger partial charge in [0.1, 0.15) is 5.00 Å². The van der Waals surface area contributed by atoms with Gasteiger partial charge in [-0.05, 0) is 49.9 Å². The number of carbonyl (C=O) groups excluding carboxylic acids is 2. The van der Waals surface area contributed by atoms with E-state index in [-0.39, 0.29) is 11.0 Å². The van der Waals surface area contributed by atoms with E-state index in [4.69, 9.17) is 18.0 Å². The summed E-state index contributed by atoms with van der Waals surface area (Å²) < 4.78 is 0. The molecule has 2 amide bonds. The summed E-state index contributed by atoms with van der Waals surface area (Å²) in [4.78, 5) is 25.3. The zero-order chi connectivity index (χ0) is 22.5. The van der Waals surface area contributed by atoms with E-state index >= 15 is 0 Å². The van der Waals surface area contributed by atoms with E-state index in [1.54, 1.807) is 0 Å². The number of thiophene rings is 1. The first-order chi connectivity index (χ1) is 15.0. The summed E-state index contributed by atoms with van der Waals surface area (Å²) in [5.41, 5.74) is 7.21. The lowest BCUT2D eigenvalue weighted by molar-refractivity contribution is -0.119. The van der Waals surface area contributed by atoms with Gasteiger partial charge in [-0.3, -0.25) is 9.59 Å². The van der Waals surface area contributed by atoms with E-state index in [2.05, 4.69) is 17.6 Å². The number of fused-ring (bicyclic) bond motifs is 1. The number of aryl methyl sites for hydroxylation is 1. The lowest BCUT2D eigenvalue weighted by Crippen LogP contribution is -2.34. The van der Waals surface area contributed by atoms with Crippen molar-refractivity contribution in [1.82, 2.24) is 5.32 Å². The molecule has 5 nitrogen and oxygen atoms in total. The Bertz CT molecular complexity index is 731. The predicted molar refractivity (Wildman–Crippen MR) is 135 cm³/mol. The molecule has 174 valence electrons. The minimum Gasteiger partial charge on any atom is -0.365 e. The molecule has 1 heterocycles. The van der Waals surface area contributed by atoms with Crippen molar-refractivity contribution >= 4 is 45.5 Å². The van der Waals surface area contributed by atoms with E-state index in [0.717, 1.165) is 44.1 Å². The molecule has 0 bridgehead atoms. The van der Waals surface area contributed by atoms with Crippen LogP contribution in [-0.4, -0.2) is 16.9 Å². The molecule has 0 unspecified atom stereocenters. The molecule has 0 atom stereocenters. The number of carbonyl (C=O) groups is 2. The summed E-state index contributed by atoms with van der Waals surface area (Å²) in [5.74, 6) is -0.507. The van der Waals surface area contributed by atoms with Gasteiger partial charge in [0.05, 0.1) is 5.56 Å². The van der Waals surface area contributed by atoms with Crippen molar-refractivity contribution in [2.24, 2.45) is 5.73 Å². The molecule has 7 heteroatoms. The molecule has 0 fully saturated rings. The topological polar surface area (TPSA) is 84.2 Å². The maximum atomic E-state index is 12.2. The first kappa shape index (κ1) is 25.8. The van der Waals surface area contributed by atoms with Crippen LogP contribution in [0.2, 0.25) is 0 Å². The van der Waals surface area contributed by atoms with Crippen molar-refractivity contribution in [3.8, 4) is 0 Å². The highest BCUT2D eigenvalue weighted by Crippen LogP contribution is 2.37. The van der Waals surface area contributed by atoms with Gasteiger partial charge in [-0.15, -0.1) is 11.3 Å². The van der Waals surface area contributed by atoms with Crippen LogP contribution < -0.4 is 16.4 Å². The van der Waals surface area contributed by atoms with Crippen molar-refractivity contribution < 1.29 is 9.59 Å². The fraction of sp³-hybridized carbons (Fsp3) is 0.708. The van der Waals surface area contributed by atoms with Gasteiger partial charge in [0.15, 0.2) is 5.11 Å². The molecule has 31 heavy (non-hydrogen) atoms. The fourth-order valence-electron chi connectivity index (χ4n) is 4.19. The monoisotopic (exact) mass is 465 g/mol. The van der Waals surface area contributed by atoms with E-state index in [1.165, 1.54) is 74.0 Å². The van der Waals surface area contributed by atoms with E-state index in [9.17, 15) is 9.59 Å². The minimum atomic E-state index is -0.433. The lowest BCUT2D eigenvalue weighted by Gasteiger charge is -2.11. The second kappa shape index (κ2) is 14.6. The van der Waals surface area contributed by atoms with Crippen molar-refractivity contribution in [3.63, 3.8) is 0 Å². The standard InChI is InChI=1S/C24H39N3O2S2/c1-2-3-4-5-6-7-8-9-10-11-12-17-20(28)26-24(30)27-23-21(22(25)29)18-15-13-14-16-19(18)31-23/h2-17H2,1H3,(H2,25,29)(H2,26,27,28,30). The van der Waals surface area contributed by atoms with Gasteiger partial charge < -0.3 is 16.4 Å². The average molecular weight is 466 g/mol. The molecule has 4 N–H and O–H groups in total. The normalized spacial score (nSPS) is 12.9. The molecular weight excluding hydrogens is 426 g/mol. The van der Waals surface area contributed by atoms with Gasteiger partial charge in [0, 0.05) is 11.3 Å². The summed E-state index contributed by atoms with van der Waals surface area (Å²) in [7, 11) is 0. The Balaban J connectivity index is 1.60. The summed E-state index contributed by atoms with van der Waals surface area (Å²) in [6, 6.07) is 0. The highest BCUT2D eigenvalue weighted by Gasteiger charge is 2.24. The third-order valence-corrected chi connectivity index (χ3v) is 7.32. The summed E-state index contributed by atoms with van der Waals surface area (Å²) in [6.07, 6.45) is 18.3. The number of rotatable bonds is 14. The molecule has 1 aliphatic rings. The summed E-state index contributed by atoms with van der Waals surface area (Å²) >= 11 is 6.83. The molecule has 1 aromatic heterocycles. The predicted octanol–water partition coefficient (Wildman–Crippen LogP) is 6.24. The van der Waals surface area contributed by atoms with Gasteiger partial charge >= 0.3 is 0 Å². The van der Waals surface area contributed by atoms with Crippen molar-refractivity contribution in [2.75, 3.05) is 5.32 Å². The molecule has 0 saturated carbocycles. The van der Waals surface area contributed by atoms with Crippen LogP contribution in [0.4, 0.5) is 5.00 Å². The van der Waals surface area contributed by atoms with E-state index in [1.807, 2.05) is 0 Å². The first-order valence-electron chi connectivity index (χ1n) is 12.1. The highest BCUT2D eigenvalue weighted by molar-refractivity contribution is 7.80.